The van der Waals surface area contributed by atoms with Crippen LogP contribution in [0.2, 0.25) is 0 Å². The van der Waals surface area contributed by atoms with Crippen molar-refractivity contribution in [3.63, 3.8) is 0 Å². The molecule has 3 amide bonds. The number of aromatic nitrogens is 2. The number of carboxylic acids is 2. The van der Waals surface area contributed by atoms with E-state index in [4.69, 9.17) is 22.3 Å². The normalized spacial score (nSPS) is 14.6. The first-order valence-electron chi connectivity index (χ1n) is 12.5. The van der Waals surface area contributed by atoms with Crippen molar-refractivity contribution in [2.75, 3.05) is 6.54 Å². The molecule has 218 valence electrons. The summed E-state index contributed by atoms with van der Waals surface area (Å²) in [7, 11) is 0. The number of aliphatic imine (C=N–C) groups is 1. The Balaban J connectivity index is 3.02. The lowest BCUT2D eigenvalue weighted by Crippen LogP contribution is -2.59. The third-order valence-corrected chi connectivity index (χ3v) is 5.97. The monoisotopic (exact) mass is 553 g/mol. The molecule has 1 rings (SSSR count). The van der Waals surface area contributed by atoms with Crippen LogP contribution in [0.5, 0.6) is 0 Å². The summed E-state index contributed by atoms with van der Waals surface area (Å²) >= 11 is 0. The fourth-order valence-electron chi connectivity index (χ4n) is 3.49. The highest BCUT2D eigenvalue weighted by atomic mass is 16.4. The largest absolute Gasteiger partial charge is 0.481 e. The van der Waals surface area contributed by atoms with Gasteiger partial charge in [-0.2, -0.15) is 0 Å². The van der Waals surface area contributed by atoms with E-state index in [1.807, 2.05) is 0 Å². The summed E-state index contributed by atoms with van der Waals surface area (Å²) in [5.41, 5.74) is 16.8. The maximum Gasteiger partial charge on any atom is 0.326 e. The van der Waals surface area contributed by atoms with E-state index < -0.39 is 59.7 Å². The van der Waals surface area contributed by atoms with Gasteiger partial charge in [-0.1, -0.05) is 20.3 Å². The number of aromatic amines is 1. The topological polar surface area (TPSA) is 281 Å². The summed E-state index contributed by atoms with van der Waals surface area (Å²) in [6.45, 7) is 3.69. The van der Waals surface area contributed by atoms with Crippen LogP contribution in [0.25, 0.3) is 0 Å². The molecular formula is C23H39N9O7. The van der Waals surface area contributed by atoms with Crippen molar-refractivity contribution in [2.24, 2.45) is 28.1 Å². The number of hydrogen-bond donors (Lipinski definition) is 9. The van der Waals surface area contributed by atoms with Gasteiger partial charge in [0.15, 0.2) is 5.96 Å². The highest BCUT2D eigenvalue weighted by Gasteiger charge is 2.33. The van der Waals surface area contributed by atoms with Gasteiger partial charge < -0.3 is 48.3 Å². The zero-order valence-corrected chi connectivity index (χ0v) is 22.1. The molecule has 1 aromatic rings. The number of rotatable bonds is 18. The summed E-state index contributed by atoms with van der Waals surface area (Å²) < 4.78 is 0. The maximum absolute atomic E-state index is 13.3. The van der Waals surface area contributed by atoms with E-state index in [9.17, 15) is 29.1 Å². The molecule has 39 heavy (non-hydrogen) atoms. The smallest absolute Gasteiger partial charge is 0.326 e. The van der Waals surface area contributed by atoms with Gasteiger partial charge in [-0.3, -0.25) is 24.2 Å². The van der Waals surface area contributed by atoms with Crippen LogP contribution in [0.3, 0.4) is 0 Å². The number of aliphatic carboxylic acids is 2. The third-order valence-electron chi connectivity index (χ3n) is 5.97. The average Bonchev–Trinajstić information content (AvgIpc) is 3.39. The van der Waals surface area contributed by atoms with Gasteiger partial charge in [0.1, 0.15) is 18.1 Å². The Morgan fingerprint density at radius 1 is 1.03 bits per heavy atom. The molecule has 0 aliphatic rings. The Morgan fingerprint density at radius 3 is 2.23 bits per heavy atom. The zero-order chi connectivity index (χ0) is 29.5. The summed E-state index contributed by atoms with van der Waals surface area (Å²) in [6.07, 6.45) is 3.14. The number of imidazole rings is 1. The molecule has 0 bridgehead atoms. The number of guanidine groups is 1. The second-order valence-electron chi connectivity index (χ2n) is 9.10. The Kier molecular flexibility index (Phi) is 14.0. The van der Waals surface area contributed by atoms with Gasteiger partial charge in [-0.25, -0.2) is 9.78 Å². The summed E-state index contributed by atoms with van der Waals surface area (Å²) in [4.78, 5) is 72.0. The minimum absolute atomic E-state index is 0.0272. The number of amides is 3. The minimum atomic E-state index is -1.26. The van der Waals surface area contributed by atoms with Crippen molar-refractivity contribution in [2.45, 2.75) is 76.5 Å². The number of hydrogen-bond acceptors (Lipinski definition) is 8. The Labute approximate surface area is 225 Å². The molecule has 1 heterocycles. The fraction of sp³-hybridized carbons (Fsp3) is 0.609. The molecule has 0 saturated carbocycles. The Bertz CT molecular complexity index is 996. The lowest BCUT2D eigenvalue weighted by Gasteiger charge is -2.28. The number of nitrogens with two attached hydrogens (primary N) is 3. The lowest BCUT2D eigenvalue weighted by molar-refractivity contribution is -0.143. The lowest BCUT2D eigenvalue weighted by atomic mass is 9.96. The van der Waals surface area contributed by atoms with Gasteiger partial charge in [0.05, 0.1) is 12.4 Å². The number of H-pyrrole nitrogens is 1. The molecule has 0 radical (unpaired) electrons. The molecule has 5 unspecified atom stereocenters. The van der Waals surface area contributed by atoms with E-state index in [0.717, 1.165) is 0 Å². The van der Waals surface area contributed by atoms with Crippen molar-refractivity contribution >= 4 is 35.6 Å². The van der Waals surface area contributed by atoms with Crippen LogP contribution in [0, 0.1) is 5.92 Å². The van der Waals surface area contributed by atoms with Crippen molar-refractivity contribution < 1.29 is 34.2 Å². The van der Waals surface area contributed by atoms with Gasteiger partial charge in [0.25, 0.3) is 0 Å². The molecule has 0 saturated heterocycles. The summed E-state index contributed by atoms with van der Waals surface area (Å²) in [6, 6.07) is -4.74. The van der Waals surface area contributed by atoms with Gasteiger partial charge in [-0.15, -0.1) is 0 Å². The van der Waals surface area contributed by atoms with Crippen LogP contribution < -0.4 is 33.2 Å². The first-order chi connectivity index (χ1) is 18.3. The second-order valence-corrected chi connectivity index (χ2v) is 9.10. The van der Waals surface area contributed by atoms with Gasteiger partial charge >= 0.3 is 11.9 Å². The quantitative estimate of drug-likeness (QED) is 0.0533. The van der Waals surface area contributed by atoms with E-state index in [0.29, 0.717) is 12.1 Å². The molecule has 5 atom stereocenters. The molecule has 1 aromatic heterocycles. The van der Waals surface area contributed by atoms with Crippen molar-refractivity contribution in [3.8, 4) is 0 Å². The van der Waals surface area contributed by atoms with E-state index in [2.05, 4.69) is 30.9 Å². The Morgan fingerprint density at radius 2 is 1.69 bits per heavy atom. The third kappa shape index (κ3) is 12.3. The highest BCUT2D eigenvalue weighted by molar-refractivity contribution is 5.94. The van der Waals surface area contributed by atoms with Crippen LogP contribution in [-0.4, -0.2) is 86.5 Å². The predicted molar refractivity (Wildman–Crippen MR) is 140 cm³/mol. The molecule has 0 aromatic carbocycles. The second kappa shape index (κ2) is 16.6. The van der Waals surface area contributed by atoms with Gasteiger partial charge in [0.2, 0.25) is 17.7 Å². The highest BCUT2D eigenvalue weighted by Crippen LogP contribution is 2.11. The average molecular weight is 554 g/mol. The van der Waals surface area contributed by atoms with E-state index >= 15 is 0 Å². The molecule has 0 spiro atoms. The minimum Gasteiger partial charge on any atom is -0.481 e. The molecule has 16 heteroatoms. The number of carbonyl (C=O) groups is 5. The molecule has 0 aliphatic carbocycles. The first kappa shape index (κ1) is 32.8. The van der Waals surface area contributed by atoms with Crippen LogP contribution >= 0.6 is 0 Å². The van der Waals surface area contributed by atoms with Crippen LogP contribution in [0.1, 0.15) is 51.6 Å². The van der Waals surface area contributed by atoms with E-state index in [1.165, 1.54) is 12.5 Å². The molecule has 16 nitrogen and oxygen atoms in total. The molecule has 12 N–H and O–H groups in total. The number of nitrogens with one attached hydrogen (secondary N) is 4. The summed E-state index contributed by atoms with van der Waals surface area (Å²) in [5, 5.41) is 26.0. The fourth-order valence-corrected chi connectivity index (χ4v) is 3.49. The van der Waals surface area contributed by atoms with Crippen molar-refractivity contribution in [1.82, 2.24) is 25.9 Å². The van der Waals surface area contributed by atoms with Crippen molar-refractivity contribution in [3.05, 3.63) is 18.2 Å². The predicted octanol–water partition coefficient (Wildman–Crippen LogP) is -2.22. The Hall–Kier alpha value is -4.21. The van der Waals surface area contributed by atoms with Crippen LogP contribution in [-0.2, 0) is 30.4 Å². The standard InChI is InChI=1S/C23H39N9O7/c1-3-12(2)18(21(37)30-15(22(38)39)5-4-8-28-23(25)26)32-20(36)16(9-13-10-27-11-29-13)31-19(35)14(24)6-7-17(33)34/h10-12,14-16,18H,3-9,24H2,1-2H3,(H,27,29)(H,30,37)(H,31,35)(H,32,36)(H,33,34)(H,38,39)(H4,25,26,28). The van der Waals surface area contributed by atoms with Crippen LogP contribution in [0.15, 0.2) is 17.5 Å². The SMILES string of the molecule is CCC(C)C(NC(=O)C(Cc1cnc[nH]1)NC(=O)C(N)CCC(=O)O)C(=O)NC(CCCN=C(N)N)C(=O)O. The first-order valence-corrected chi connectivity index (χ1v) is 12.5. The zero-order valence-electron chi connectivity index (χ0n) is 22.1. The van der Waals surface area contributed by atoms with Crippen molar-refractivity contribution in [1.29, 1.82) is 0 Å². The number of carboxylic acid groups (broad SMARTS) is 2. The van der Waals surface area contributed by atoms with Crippen LogP contribution in [0.4, 0.5) is 0 Å². The van der Waals surface area contributed by atoms with E-state index in [-0.39, 0.29) is 44.6 Å². The number of carbonyl (C=O) groups excluding carboxylic acids is 3. The molecular weight excluding hydrogens is 514 g/mol. The number of nitrogens with zero attached hydrogens (tertiary/aromatic N) is 2. The molecule has 0 fully saturated rings. The van der Waals surface area contributed by atoms with Gasteiger partial charge in [-0.05, 0) is 25.2 Å². The van der Waals surface area contributed by atoms with E-state index in [1.54, 1.807) is 13.8 Å². The molecule has 0 aliphatic heterocycles. The van der Waals surface area contributed by atoms with Gasteiger partial charge in [0, 0.05) is 31.3 Å². The maximum atomic E-state index is 13.3. The summed E-state index contributed by atoms with van der Waals surface area (Å²) in [5.74, 6) is -5.09.